The number of esters is 3. The van der Waals surface area contributed by atoms with E-state index < -0.39 is 69.8 Å². The number of nitrogens with one attached hydrogen (secondary N) is 1. The molecule has 17 nitrogen and oxygen atoms in total. The van der Waals surface area contributed by atoms with Gasteiger partial charge >= 0.3 is 23.6 Å². The number of carbonyl (C=O) groups excluding carboxylic acids is 5. The number of rotatable bonds is 9. The second-order valence-electron chi connectivity index (χ2n) is 8.20. The third-order valence-electron chi connectivity index (χ3n) is 5.32. The summed E-state index contributed by atoms with van der Waals surface area (Å²) in [6.07, 6.45) is 0. The molecule has 0 spiro atoms. The molecule has 0 atom stereocenters. The van der Waals surface area contributed by atoms with Gasteiger partial charge in [-0.25, -0.2) is 4.79 Å². The van der Waals surface area contributed by atoms with Crippen molar-refractivity contribution >= 4 is 46.8 Å². The molecular weight excluding hydrogens is 538 g/mol. The number of imide groups is 1. The first-order valence-corrected chi connectivity index (χ1v) is 11.2. The van der Waals surface area contributed by atoms with E-state index in [0.717, 1.165) is 33.1 Å². The molecule has 1 aliphatic heterocycles. The molecule has 1 aliphatic rings. The molecule has 3 rings (SSSR count). The van der Waals surface area contributed by atoms with Gasteiger partial charge < -0.3 is 14.2 Å². The Bertz CT molecular complexity index is 1420. The summed E-state index contributed by atoms with van der Waals surface area (Å²) < 4.78 is 15.0. The molecule has 1 fully saturated rings. The topological polar surface area (TPSA) is 218 Å². The molecule has 0 bridgehead atoms. The highest BCUT2D eigenvalue weighted by Gasteiger charge is 2.34. The summed E-state index contributed by atoms with van der Waals surface area (Å²) in [6, 6.07) is 5.26. The Morgan fingerprint density at radius 3 is 2.05 bits per heavy atom. The van der Waals surface area contributed by atoms with Crippen LogP contribution in [0.1, 0.15) is 29.8 Å². The van der Waals surface area contributed by atoms with Gasteiger partial charge in [-0.1, -0.05) is 6.07 Å². The van der Waals surface area contributed by atoms with Gasteiger partial charge in [0.2, 0.25) is 0 Å². The van der Waals surface area contributed by atoms with Crippen LogP contribution in [0.4, 0.5) is 17.1 Å². The summed E-state index contributed by atoms with van der Waals surface area (Å²) in [5.74, 6) is -4.89. The second kappa shape index (κ2) is 11.9. The van der Waals surface area contributed by atoms with Gasteiger partial charge in [0.1, 0.15) is 11.3 Å². The highest BCUT2D eigenvalue weighted by atomic mass is 16.6. The molecule has 17 heteroatoms. The second-order valence-corrected chi connectivity index (χ2v) is 8.20. The molecule has 2 aromatic carbocycles. The number of benzene rings is 2. The third kappa shape index (κ3) is 6.51. The van der Waals surface area contributed by atoms with Gasteiger partial charge in [-0.15, -0.1) is 0 Å². The summed E-state index contributed by atoms with van der Waals surface area (Å²) in [7, 11) is 1.09. The van der Waals surface area contributed by atoms with Crippen molar-refractivity contribution in [2.24, 2.45) is 0 Å². The first-order chi connectivity index (χ1) is 18.8. The smallest absolute Gasteiger partial charge is 0.341 e. The van der Waals surface area contributed by atoms with E-state index >= 15 is 0 Å². The Morgan fingerprint density at radius 2 is 1.52 bits per heavy atom. The number of non-ortho nitro benzene ring substituents is 1. The van der Waals surface area contributed by atoms with Crippen molar-refractivity contribution in [2.75, 3.05) is 25.6 Å². The molecule has 2 aromatic rings. The minimum Gasteiger partial charge on any atom is -0.465 e. The summed E-state index contributed by atoms with van der Waals surface area (Å²) >= 11 is 0. The van der Waals surface area contributed by atoms with Crippen molar-refractivity contribution in [1.82, 2.24) is 9.91 Å². The summed E-state index contributed by atoms with van der Waals surface area (Å²) in [5, 5.41) is 22.9. The van der Waals surface area contributed by atoms with E-state index in [1.54, 1.807) is 0 Å². The predicted molar refractivity (Wildman–Crippen MR) is 131 cm³/mol. The van der Waals surface area contributed by atoms with E-state index in [-0.39, 0.29) is 29.1 Å². The van der Waals surface area contributed by atoms with Crippen molar-refractivity contribution in [3.05, 3.63) is 61.7 Å². The highest BCUT2D eigenvalue weighted by Crippen LogP contribution is 2.37. The number of hydrogen-bond donors (Lipinski definition) is 1. The number of hydrazine groups is 1. The Morgan fingerprint density at radius 1 is 0.925 bits per heavy atom. The van der Waals surface area contributed by atoms with Crippen LogP contribution < -0.4 is 14.9 Å². The van der Waals surface area contributed by atoms with E-state index in [2.05, 4.69) is 10.2 Å². The number of nitrogens with zero attached hydrogens (tertiary/aromatic N) is 4. The SMILES string of the molecule is COC(=O)c1ccc(CN2CC(=O)N(Nc3ccc([N+](=O)[O-])cc3[N+](=O)[O-])C(=O)C2)c(OC(C)=O)c1OC(C)=O. The molecule has 0 aromatic heterocycles. The highest BCUT2D eigenvalue weighted by molar-refractivity contribution is 6.01. The zero-order valence-corrected chi connectivity index (χ0v) is 21.2. The first kappa shape index (κ1) is 29.1. The number of carbonyl (C=O) groups is 5. The Kier molecular flexibility index (Phi) is 8.69. The number of hydrogen-bond acceptors (Lipinski definition) is 14. The van der Waals surface area contributed by atoms with Crippen LogP contribution in [-0.4, -0.2) is 69.7 Å². The summed E-state index contributed by atoms with van der Waals surface area (Å²) in [4.78, 5) is 83.3. The summed E-state index contributed by atoms with van der Waals surface area (Å²) in [6.45, 7) is 1.13. The lowest BCUT2D eigenvalue weighted by Gasteiger charge is -2.33. The average molecular weight is 559 g/mol. The average Bonchev–Trinajstić information content (AvgIpc) is 2.87. The van der Waals surface area contributed by atoms with Crippen molar-refractivity contribution in [1.29, 1.82) is 0 Å². The standard InChI is InChI=1S/C23H21N5O12/c1-12(29)39-21-14(4-6-16(23(33)38-3)22(21)40-13(2)30)9-25-10-19(31)26(20(32)11-25)24-17-7-5-15(27(34)35)8-18(17)28(36)37/h4-8,24H,9-11H2,1-3H3. The number of amides is 2. The fourth-order valence-electron chi connectivity index (χ4n) is 3.70. The van der Waals surface area contributed by atoms with Crippen molar-refractivity contribution in [2.45, 2.75) is 20.4 Å². The zero-order valence-electron chi connectivity index (χ0n) is 21.2. The van der Waals surface area contributed by atoms with Crippen LogP contribution in [-0.2, 0) is 30.5 Å². The number of nitro groups is 2. The lowest BCUT2D eigenvalue weighted by molar-refractivity contribution is -0.393. The van der Waals surface area contributed by atoms with E-state index in [9.17, 15) is 44.2 Å². The first-order valence-electron chi connectivity index (χ1n) is 11.2. The Labute approximate surface area is 224 Å². The maximum atomic E-state index is 12.8. The number of anilines is 1. The molecule has 1 saturated heterocycles. The zero-order chi connectivity index (χ0) is 29.7. The largest absolute Gasteiger partial charge is 0.465 e. The van der Waals surface area contributed by atoms with Crippen LogP contribution in [0.25, 0.3) is 0 Å². The Hall–Kier alpha value is -5.45. The van der Waals surface area contributed by atoms with Gasteiger partial charge in [-0.3, -0.25) is 49.7 Å². The maximum absolute atomic E-state index is 12.8. The minimum atomic E-state index is -0.907. The molecule has 0 radical (unpaired) electrons. The van der Waals surface area contributed by atoms with E-state index in [0.29, 0.717) is 11.1 Å². The quantitative estimate of drug-likeness (QED) is 0.151. The normalized spacial score (nSPS) is 13.4. The maximum Gasteiger partial charge on any atom is 0.341 e. The van der Waals surface area contributed by atoms with Crippen LogP contribution in [0.5, 0.6) is 11.5 Å². The molecule has 0 unspecified atom stereocenters. The minimum absolute atomic E-state index is 0.173. The summed E-state index contributed by atoms with van der Waals surface area (Å²) in [5.41, 5.74) is 0.678. The number of piperazine rings is 1. The van der Waals surface area contributed by atoms with Gasteiger partial charge in [-0.2, -0.15) is 5.01 Å². The molecule has 0 saturated carbocycles. The third-order valence-corrected chi connectivity index (χ3v) is 5.32. The van der Waals surface area contributed by atoms with Gasteiger partial charge in [-0.05, 0) is 12.1 Å². The lowest BCUT2D eigenvalue weighted by Crippen LogP contribution is -2.55. The van der Waals surface area contributed by atoms with Crippen LogP contribution in [0.15, 0.2) is 30.3 Å². The monoisotopic (exact) mass is 559 g/mol. The number of methoxy groups -OCH3 is 1. The van der Waals surface area contributed by atoms with Gasteiger partial charge in [0.05, 0.1) is 36.1 Å². The number of ether oxygens (including phenoxy) is 3. The van der Waals surface area contributed by atoms with E-state index in [1.165, 1.54) is 17.0 Å². The molecular formula is C23H21N5O12. The van der Waals surface area contributed by atoms with Crippen molar-refractivity contribution in [3.63, 3.8) is 0 Å². The molecule has 2 amide bonds. The van der Waals surface area contributed by atoms with Crippen LogP contribution in [0, 0.1) is 20.2 Å². The van der Waals surface area contributed by atoms with Gasteiger partial charge in [0, 0.05) is 32.0 Å². The van der Waals surface area contributed by atoms with Crippen molar-refractivity contribution in [3.8, 4) is 11.5 Å². The fraction of sp³-hybridized carbons (Fsp3) is 0.261. The lowest BCUT2D eigenvalue weighted by atomic mass is 10.1. The Balaban J connectivity index is 1.88. The van der Waals surface area contributed by atoms with E-state index in [4.69, 9.17) is 9.47 Å². The predicted octanol–water partition coefficient (Wildman–Crippen LogP) is 1.34. The van der Waals surface area contributed by atoms with E-state index in [1.807, 2.05) is 0 Å². The molecule has 210 valence electrons. The van der Waals surface area contributed by atoms with Crippen LogP contribution in [0.2, 0.25) is 0 Å². The fourth-order valence-corrected chi connectivity index (χ4v) is 3.70. The van der Waals surface area contributed by atoms with Gasteiger partial charge in [0.15, 0.2) is 11.5 Å². The van der Waals surface area contributed by atoms with Crippen LogP contribution in [0.3, 0.4) is 0 Å². The molecule has 40 heavy (non-hydrogen) atoms. The van der Waals surface area contributed by atoms with Crippen LogP contribution >= 0.6 is 0 Å². The molecule has 1 N–H and O–H groups in total. The van der Waals surface area contributed by atoms with Crippen molar-refractivity contribution < 1.29 is 48.0 Å². The molecule has 0 aliphatic carbocycles. The number of nitro benzene ring substituents is 2. The molecule has 1 heterocycles. The van der Waals surface area contributed by atoms with Gasteiger partial charge in [0.25, 0.3) is 17.5 Å².